The number of carboxylic acid groups (broad SMARTS) is 1. The van der Waals surface area contributed by atoms with Crippen molar-refractivity contribution in [2.45, 2.75) is 72.8 Å². The largest absolute Gasteiger partial charge is 0.463 e. The van der Waals surface area contributed by atoms with Gasteiger partial charge in [0, 0.05) is 30.6 Å². The van der Waals surface area contributed by atoms with Gasteiger partial charge in [-0.2, -0.15) is 0 Å². The molecule has 2 amide bonds. The van der Waals surface area contributed by atoms with Crippen molar-refractivity contribution in [3.05, 3.63) is 30.1 Å². The van der Waals surface area contributed by atoms with E-state index in [9.17, 15) is 14.7 Å². The van der Waals surface area contributed by atoms with Crippen LogP contribution in [0.5, 0.6) is 0 Å². The summed E-state index contributed by atoms with van der Waals surface area (Å²) in [7, 11) is 0. The number of carbonyl (C=O) groups is 2. The zero-order chi connectivity index (χ0) is 28.3. The third-order valence-electron chi connectivity index (χ3n) is 5.40. The summed E-state index contributed by atoms with van der Waals surface area (Å²) in [6.07, 6.45) is -2.16. The molecule has 2 aromatic heterocycles. The number of pyridine rings is 1. The first-order chi connectivity index (χ1) is 17.7. The lowest BCUT2D eigenvalue weighted by molar-refractivity contribution is 0.0241. The van der Waals surface area contributed by atoms with Gasteiger partial charge in [0.05, 0.1) is 11.0 Å². The molecule has 4 N–H and O–H groups in total. The van der Waals surface area contributed by atoms with Crippen molar-refractivity contribution in [2.75, 3.05) is 18.9 Å². The molecule has 1 aromatic carbocycles. The van der Waals surface area contributed by atoms with Crippen LogP contribution in [0.15, 0.2) is 29.3 Å². The standard InChI is InChI=1S/C26H37N7O5/c1-8-37-15-18-30-19-20(16-11-9-10-12-17(16)29-21(19)27)32(18)14-13-28-22(31-23(34)35)33(25(2,3)4)24(36)38-26(5,6)7/h9-12H,8,13-15H2,1-7H3,(H2,27,29)(H,28,31)(H,34,35). The third-order valence-corrected chi connectivity index (χ3v) is 5.40. The highest BCUT2D eigenvalue weighted by molar-refractivity contribution is 6.06. The molecule has 0 unspecified atom stereocenters. The van der Waals surface area contributed by atoms with Crippen LogP contribution < -0.4 is 11.1 Å². The van der Waals surface area contributed by atoms with E-state index < -0.39 is 23.3 Å². The van der Waals surface area contributed by atoms with E-state index in [1.807, 2.05) is 35.8 Å². The Hall–Kier alpha value is -3.93. The van der Waals surface area contributed by atoms with Gasteiger partial charge in [-0.05, 0) is 54.5 Å². The van der Waals surface area contributed by atoms with Crippen molar-refractivity contribution in [3.8, 4) is 0 Å². The second kappa shape index (κ2) is 11.2. The summed E-state index contributed by atoms with van der Waals surface area (Å²) in [4.78, 5) is 38.8. The van der Waals surface area contributed by atoms with Gasteiger partial charge < -0.3 is 30.2 Å². The van der Waals surface area contributed by atoms with Crippen molar-refractivity contribution in [2.24, 2.45) is 4.99 Å². The lowest BCUT2D eigenvalue weighted by Gasteiger charge is -2.37. The minimum absolute atomic E-state index is 0.138. The number of carbonyl (C=O) groups excluding carboxylic acids is 1. The first kappa shape index (κ1) is 28.6. The molecule has 0 atom stereocenters. The van der Waals surface area contributed by atoms with E-state index in [2.05, 4.69) is 15.3 Å². The van der Waals surface area contributed by atoms with Crippen molar-refractivity contribution < 1.29 is 24.2 Å². The van der Waals surface area contributed by atoms with Crippen molar-refractivity contribution in [3.63, 3.8) is 0 Å². The molecule has 2 heterocycles. The minimum Gasteiger partial charge on any atom is -0.463 e. The summed E-state index contributed by atoms with van der Waals surface area (Å²) in [5.41, 5.74) is 6.71. The summed E-state index contributed by atoms with van der Waals surface area (Å²) >= 11 is 0. The number of fused-ring (bicyclic) bond motifs is 3. The zero-order valence-electron chi connectivity index (χ0n) is 23.0. The predicted molar refractivity (Wildman–Crippen MR) is 146 cm³/mol. The third kappa shape index (κ3) is 6.68. The van der Waals surface area contributed by atoms with Crippen molar-refractivity contribution >= 4 is 45.9 Å². The number of anilines is 1. The molecular formula is C26H37N7O5. The van der Waals surface area contributed by atoms with Crippen LogP contribution in [0.4, 0.5) is 15.4 Å². The van der Waals surface area contributed by atoms with Crippen molar-refractivity contribution in [1.29, 1.82) is 0 Å². The molecule has 0 aliphatic heterocycles. The molecule has 12 nitrogen and oxygen atoms in total. The van der Waals surface area contributed by atoms with E-state index in [1.54, 1.807) is 41.5 Å². The first-order valence-corrected chi connectivity index (χ1v) is 12.4. The average Bonchev–Trinajstić information content (AvgIpc) is 3.14. The number of aromatic nitrogens is 3. The number of nitrogens with two attached hydrogens (primary N) is 1. The summed E-state index contributed by atoms with van der Waals surface area (Å²) in [5.74, 6) is 0.811. The number of rotatable bonds is 6. The number of nitrogens with one attached hydrogen (secondary N) is 1. The Morgan fingerprint density at radius 2 is 1.84 bits per heavy atom. The normalized spacial score (nSPS) is 12.7. The Balaban J connectivity index is 2.00. The lowest BCUT2D eigenvalue weighted by Crippen LogP contribution is -2.56. The number of nitrogens with zero attached hydrogens (tertiary/aromatic N) is 5. The van der Waals surface area contributed by atoms with Crippen LogP contribution in [0.1, 0.15) is 54.3 Å². The Morgan fingerprint density at radius 1 is 1.16 bits per heavy atom. The maximum atomic E-state index is 13.1. The Morgan fingerprint density at radius 3 is 2.45 bits per heavy atom. The molecule has 206 valence electrons. The quantitative estimate of drug-likeness (QED) is 0.313. The zero-order valence-corrected chi connectivity index (χ0v) is 23.0. The van der Waals surface area contributed by atoms with E-state index in [0.717, 1.165) is 16.4 Å². The van der Waals surface area contributed by atoms with Gasteiger partial charge in [-0.1, -0.05) is 18.2 Å². The van der Waals surface area contributed by atoms with Crippen LogP contribution in [0.2, 0.25) is 0 Å². The van der Waals surface area contributed by atoms with E-state index in [1.165, 1.54) is 4.90 Å². The summed E-state index contributed by atoms with van der Waals surface area (Å²) in [5, 5.41) is 13.4. The van der Waals surface area contributed by atoms with E-state index in [0.29, 0.717) is 30.3 Å². The highest BCUT2D eigenvalue weighted by Gasteiger charge is 2.35. The summed E-state index contributed by atoms with van der Waals surface area (Å²) in [6.45, 7) is 13.7. The minimum atomic E-state index is -1.44. The molecular weight excluding hydrogens is 490 g/mol. The fraction of sp³-hybridized carbons (Fsp3) is 0.500. The van der Waals surface area contributed by atoms with Gasteiger partial charge in [-0.25, -0.2) is 24.5 Å². The second-order valence-corrected chi connectivity index (χ2v) is 10.7. The Labute approximate surface area is 221 Å². The number of benzene rings is 1. The highest BCUT2D eigenvalue weighted by Crippen LogP contribution is 2.29. The first-order valence-electron chi connectivity index (χ1n) is 12.4. The number of nitrogen functional groups attached to an aromatic ring is 1. The number of hydrogen-bond donors (Lipinski definition) is 3. The average molecular weight is 528 g/mol. The Bertz CT molecular complexity index is 1350. The van der Waals surface area contributed by atoms with E-state index >= 15 is 0 Å². The van der Waals surface area contributed by atoms with Crippen LogP contribution in [0, 0.1) is 0 Å². The molecule has 0 saturated carbocycles. The summed E-state index contributed by atoms with van der Waals surface area (Å²) < 4.78 is 13.2. The number of imidazole rings is 1. The van der Waals surface area contributed by atoms with Gasteiger partial charge in [0.1, 0.15) is 23.5 Å². The maximum Gasteiger partial charge on any atom is 0.434 e. The Kier molecular flexibility index (Phi) is 8.45. The maximum absolute atomic E-state index is 13.1. The molecule has 0 aliphatic carbocycles. The molecule has 0 aliphatic rings. The highest BCUT2D eigenvalue weighted by atomic mass is 16.6. The van der Waals surface area contributed by atoms with E-state index in [4.69, 9.17) is 20.2 Å². The molecule has 0 bridgehead atoms. The molecule has 38 heavy (non-hydrogen) atoms. The molecule has 0 saturated heterocycles. The molecule has 0 spiro atoms. The van der Waals surface area contributed by atoms with Crippen LogP contribution in [0.25, 0.3) is 21.9 Å². The van der Waals surface area contributed by atoms with Crippen LogP contribution in [0.3, 0.4) is 0 Å². The van der Waals surface area contributed by atoms with E-state index in [-0.39, 0.29) is 19.1 Å². The molecule has 12 heteroatoms. The number of ether oxygens (including phenoxy) is 2. The van der Waals surface area contributed by atoms with Crippen LogP contribution >= 0.6 is 0 Å². The number of aliphatic imine (C=N–C) groups is 1. The van der Waals surface area contributed by atoms with Gasteiger partial charge in [0.15, 0.2) is 5.82 Å². The number of para-hydroxylation sites is 1. The van der Waals surface area contributed by atoms with Gasteiger partial charge in [0.25, 0.3) is 0 Å². The molecule has 0 fully saturated rings. The summed E-state index contributed by atoms with van der Waals surface area (Å²) in [6, 6.07) is 7.62. The van der Waals surface area contributed by atoms with Gasteiger partial charge in [-0.3, -0.25) is 0 Å². The number of guanidine groups is 1. The lowest BCUT2D eigenvalue weighted by atomic mass is 10.1. The predicted octanol–water partition coefficient (Wildman–Crippen LogP) is 4.36. The van der Waals surface area contributed by atoms with Crippen LogP contribution in [-0.4, -0.2) is 67.0 Å². The fourth-order valence-electron chi connectivity index (χ4n) is 3.97. The van der Waals surface area contributed by atoms with Crippen molar-refractivity contribution in [1.82, 2.24) is 24.8 Å². The smallest absolute Gasteiger partial charge is 0.434 e. The molecule has 0 radical (unpaired) electrons. The topological polar surface area (TPSA) is 157 Å². The monoisotopic (exact) mass is 527 g/mol. The SMILES string of the molecule is CCOCc1nc2c(N)nc3ccccc3c2n1CCNC(=NC(=O)O)N(C(=O)OC(C)(C)C)C(C)(C)C. The molecule has 3 rings (SSSR count). The number of amides is 2. The second-order valence-electron chi connectivity index (χ2n) is 10.7. The van der Waals surface area contributed by atoms with Gasteiger partial charge in [0.2, 0.25) is 5.96 Å². The molecule has 3 aromatic rings. The van der Waals surface area contributed by atoms with Crippen LogP contribution in [-0.2, 0) is 22.6 Å². The van der Waals surface area contributed by atoms with Gasteiger partial charge >= 0.3 is 12.2 Å². The number of hydrogen-bond acceptors (Lipinski definition) is 7. The van der Waals surface area contributed by atoms with Gasteiger partial charge in [-0.15, -0.1) is 4.99 Å². The fourth-order valence-corrected chi connectivity index (χ4v) is 3.97.